The van der Waals surface area contributed by atoms with Gasteiger partial charge in [-0.2, -0.15) is 0 Å². The number of aliphatic hydroxyl groups is 1. The Morgan fingerprint density at radius 1 is 1.40 bits per heavy atom. The van der Waals surface area contributed by atoms with E-state index in [9.17, 15) is 5.11 Å². The first-order valence-corrected chi connectivity index (χ1v) is 5.73. The van der Waals surface area contributed by atoms with E-state index in [1.807, 2.05) is 0 Å². The molecule has 0 saturated carbocycles. The van der Waals surface area contributed by atoms with Crippen molar-refractivity contribution >= 4 is 0 Å². The number of benzene rings is 1. The van der Waals surface area contributed by atoms with Gasteiger partial charge in [-0.05, 0) is 30.5 Å². The fourth-order valence-electron chi connectivity index (χ4n) is 2.22. The molecule has 0 aromatic heterocycles. The average molecular weight is 205 g/mol. The van der Waals surface area contributed by atoms with Gasteiger partial charge in [0.25, 0.3) is 0 Å². The van der Waals surface area contributed by atoms with Crippen molar-refractivity contribution in [3.63, 3.8) is 0 Å². The van der Waals surface area contributed by atoms with Gasteiger partial charge in [0.2, 0.25) is 0 Å². The van der Waals surface area contributed by atoms with Gasteiger partial charge in [0.1, 0.15) is 0 Å². The van der Waals surface area contributed by atoms with Crippen LogP contribution in [0.3, 0.4) is 0 Å². The van der Waals surface area contributed by atoms with Crippen LogP contribution in [0.1, 0.15) is 24.5 Å². The number of nitrogens with one attached hydrogen (secondary N) is 1. The minimum absolute atomic E-state index is 0.521. The summed E-state index contributed by atoms with van der Waals surface area (Å²) >= 11 is 0. The Balaban J connectivity index is 2.09. The summed E-state index contributed by atoms with van der Waals surface area (Å²) in [6, 6.07) is 8.53. The first-order chi connectivity index (χ1) is 7.22. The molecule has 0 bridgehead atoms. The molecule has 2 rings (SSSR count). The lowest BCUT2D eigenvalue weighted by Gasteiger charge is -2.21. The van der Waals surface area contributed by atoms with Gasteiger partial charge in [-0.1, -0.05) is 31.2 Å². The molecule has 1 atom stereocenters. The van der Waals surface area contributed by atoms with Crippen LogP contribution in [0.15, 0.2) is 24.3 Å². The summed E-state index contributed by atoms with van der Waals surface area (Å²) in [6.07, 6.45) is 2.70. The second-order valence-electron chi connectivity index (χ2n) is 4.50. The van der Waals surface area contributed by atoms with Crippen LogP contribution in [-0.2, 0) is 12.8 Å². The molecule has 0 aliphatic carbocycles. The highest BCUT2D eigenvalue weighted by Crippen LogP contribution is 2.20. The molecule has 1 saturated heterocycles. The molecule has 1 aliphatic heterocycles. The van der Waals surface area contributed by atoms with E-state index in [1.165, 1.54) is 11.1 Å². The predicted molar refractivity (Wildman–Crippen MR) is 62.0 cm³/mol. The van der Waals surface area contributed by atoms with Crippen LogP contribution in [0.5, 0.6) is 0 Å². The van der Waals surface area contributed by atoms with Gasteiger partial charge in [-0.15, -0.1) is 0 Å². The smallest absolute Gasteiger partial charge is 0.0823 e. The lowest BCUT2D eigenvalue weighted by atomic mass is 9.93. The summed E-state index contributed by atoms with van der Waals surface area (Å²) in [7, 11) is 0. The van der Waals surface area contributed by atoms with Crippen molar-refractivity contribution < 1.29 is 5.11 Å². The van der Waals surface area contributed by atoms with Gasteiger partial charge in [0.05, 0.1) is 5.60 Å². The molecular formula is C13H19NO. The quantitative estimate of drug-likeness (QED) is 0.784. The van der Waals surface area contributed by atoms with E-state index >= 15 is 0 Å². The Bertz CT molecular complexity index is 329. The Morgan fingerprint density at radius 3 is 2.87 bits per heavy atom. The molecule has 15 heavy (non-hydrogen) atoms. The van der Waals surface area contributed by atoms with E-state index in [2.05, 4.69) is 36.5 Å². The molecule has 0 spiro atoms. The monoisotopic (exact) mass is 205 g/mol. The minimum atomic E-state index is -0.521. The third kappa shape index (κ3) is 2.58. The van der Waals surface area contributed by atoms with E-state index in [4.69, 9.17) is 0 Å². The largest absolute Gasteiger partial charge is 0.388 e. The molecule has 1 aliphatic rings. The van der Waals surface area contributed by atoms with Gasteiger partial charge in [-0.25, -0.2) is 0 Å². The van der Waals surface area contributed by atoms with Crippen LogP contribution in [-0.4, -0.2) is 23.8 Å². The SMILES string of the molecule is CCc1cccc(CC2(O)CCNC2)c1. The normalized spacial score (nSPS) is 25.7. The molecule has 82 valence electrons. The van der Waals surface area contributed by atoms with Crippen LogP contribution in [0, 0.1) is 0 Å². The molecule has 1 unspecified atom stereocenters. The first-order valence-electron chi connectivity index (χ1n) is 5.73. The summed E-state index contributed by atoms with van der Waals surface area (Å²) in [6.45, 7) is 3.82. The van der Waals surface area contributed by atoms with E-state index in [1.54, 1.807) is 0 Å². The van der Waals surface area contributed by atoms with Crippen LogP contribution in [0.2, 0.25) is 0 Å². The average Bonchev–Trinajstić information content (AvgIpc) is 2.65. The maximum atomic E-state index is 10.2. The third-order valence-electron chi connectivity index (χ3n) is 3.15. The topological polar surface area (TPSA) is 32.3 Å². The zero-order valence-electron chi connectivity index (χ0n) is 9.29. The van der Waals surface area contributed by atoms with Crippen LogP contribution < -0.4 is 5.32 Å². The first kappa shape index (κ1) is 10.7. The van der Waals surface area contributed by atoms with E-state index in [0.717, 1.165) is 32.4 Å². The maximum Gasteiger partial charge on any atom is 0.0823 e. The van der Waals surface area contributed by atoms with Gasteiger partial charge >= 0.3 is 0 Å². The van der Waals surface area contributed by atoms with Gasteiger partial charge < -0.3 is 10.4 Å². The highest BCUT2D eigenvalue weighted by molar-refractivity contribution is 5.25. The van der Waals surface area contributed by atoms with Crippen molar-refractivity contribution in [2.45, 2.75) is 31.8 Å². The molecule has 1 fully saturated rings. The minimum Gasteiger partial charge on any atom is -0.388 e. The molecule has 2 nitrogen and oxygen atoms in total. The number of β-amino-alcohol motifs (C(OH)–C–C–N with tert-alkyl or cyclic N) is 1. The molecule has 1 aromatic carbocycles. The standard InChI is InChI=1S/C13H19NO/c1-2-11-4-3-5-12(8-11)9-13(15)6-7-14-10-13/h3-5,8,14-15H,2,6-7,9-10H2,1H3. The van der Waals surface area contributed by atoms with E-state index in [-0.39, 0.29) is 0 Å². The highest BCUT2D eigenvalue weighted by Gasteiger charge is 2.30. The van der Waals surface area contributed by atoms with Crippen molar-refractivity contribution in [3.8, 4) is 0 Å². The summed E-state index contributed by atoms with van der Waals surface area (Å²) in [5.74, 6) is 0. The Kier molecular flexibility index (Phi) is 3.08. The van der Waals surface area contributed by atoms with Crippen molar-refractivity contribution in [3.05, 3.63) is 35.4 Å². The molecule has 2 heteroatoms. The Hall–Kier alpha value is -0.860. The molecular weight excluding hydrogens is 186 g/mol. The lowest BCUT2D eigenvalue weighted by Crippen LogP contribution is -2.33. The van der Waals surface area contributed by atoms with Gasteiger partial charge in [0, 0.05) is 13.0 Å². The van der Waals surface area contributed by atoms with Crippen molar-refractivity contribution in [2.24, 2.45) is 0 Å². The summed E-state index contributed by atoms with van der Waals surface area (Å²) < 4.78 is 0. The number of hydrogen-bond donors (Lipinski definition) is 2. The van der Waals surface area contributed by atoms with Gasteiger partial charge in [0.15, 0.2) is 0 Å². The second-order valence-corrected chi connectivity index (χ2v) is 4.50. The van der Waals surface area contributed by atoms with Crippen LogP contribution in [0.25, 0.3) is 0 Å². The van der Waals surface area contributed by atoms with Crippen molar-refractivity contribution in [1.29, 1.82) is 0 Å². The maximum absolute atomic E-state index is 10.2. The Labute approximate surface area is 91.3 Å². The second kappa shape index (κ2) is 4.33. The summed E-state index contributed by atoms with van der Waals surface area (Å²) in [5, 5.41) is 13.5. The summed E-state index contributed by atoms with van der Waals surface area (Å²) in [5.41, 5.74) is 2.08. The molecule has 0 radical (unpaired) electrons. The van der Waals surface area contributed by atoms with E-state index in [0.29, 0.717) is 0 Å². The number of rotatable bonds is 3. The molecule has 1 aromatic rings. The molecule has 0 amide bonds. The van der Waals surface area contributed by atoms with Crippen molar-refractivity contribution in [1.82, 2.24) is 5.32 Å². The zero-order valence-corrected chi connectivity index (χ0v) is 9.29. The highest BCUT2D eigenvalue weighted by atomic mass is 16.3. The van der Waals surface area contributed by atoms with Gasteiger partial charge in [-0.3, -0.25) is 0 Å². The molecule has 2 N–H and O–H groups in total. The van der Waals surface area contributed by atoms with E-state index < -0.39 is 5.60 Å². The summed E-state index contributed by atoms with van der Waals surface area (Å²) in [4.78, 5) is 0. The Morgan fingerprint density at radius 2 is 2.20 bits per heavy atom. The van der Waals surface area contributed by atoms with Crippen molar-refractivity contribution in [2.75, 3.05) is 13.1 Å². The van der Waals surface area contributed by atoms with Crippen LogP contribution in [0.4, 0.5) is 0 Å². The molecule has 1 heterocycles. The third-order valence-corrected chi connectivity index (χ3v) is 3.15. The lowest BCUT2D eigenvalue weighted by molar-refractivity contribution is 0.0619. The fraction of sp³-hybridized carbons (Fsp3) is 0.538. The predicted octanol–water partition coefficient (Wildman–Crippen LogP) is 1.52. The number of hydrogen-bond acceptors (Lipinski definition) is 2. The fourth-order valence-corrected chi connectivity index (χ4v) is 2.22. The number of aryl methyl sites for hydroxylation is 1. The zero-order chi connectivity index (χ0) is 10.7. The van der Waals surface area contributed by atoms with Crippen LogP contribution >= 0.6 is 0 Å².